The summed E-state index contributed by atoms with van der Waals surface area (Å²) in [5, 5.41) is 8.63. The number of carbonyl (C=O) groups excluding carboxylic acids is 1. The van der Waals surface area contributed by atoms with Crippen molar-refractivity contribution in [2.45, 2.75) is 32.1 Å². The number of carbonyl (C=O) groups is 1. The molecule has 1 aliphatic carbocycles. The minimum absolute atomic E-state index is 0.322. The molecular formula is C20H25O6P. The third-order valence-corrected chi connectivity index (χ3v) is 3.82. The van der Waals surface area contributed by atoms with Crippen molar-refractivity contribution >= 4 is 19.7 Å². The van der Waals surface area contributed by atoms with Crippen LogP contribution in [0.3, 0.4) is 0 Å². The molecule has 0 bridgehead atoms. The topological polar surface area (TPSA) is 104 Å². The van der Waals surface area contributed by atoms with Crippen LogP contribution in [0.15, 0.2) is 66.9 Å². The fourth-order valence-corrected chi connectivity index (χ4v) is 2.35. The highest BCUT2D eigenvalue weighted by atomic mass is 31.2. The number of phenolic OH excluding ortho intramolecular Hbond substituents is 1. The molecule has 3 N–H and O–H groups in total. The number of phenols is 1. The summed E-state index contributed by atoms with van der Waals surface area (Å²) in [4.78, 5) is 27.1. The van der Waals surface area contributed by atoms with Gasteiger partial charge in [0.15, 0.2) is 0 Å². The Kier molecular flexibility index (Phi) is 10.8. The fraction of sp³-hybridized carbons (Fsp3) is 0.250. The van der Waals surface area contributed by atoms with Gasteiger partial charge in [-0.2, -0.15) is 0 Å². The van der Waals surface area contributed by atoms with Gasteiger partial charge in [-0.05, 0) is 36.6 Å². The van der Waals surface area contributed by atoms with Gasteiger partial charge in [0.25, 0.3) is 0 Å². The number of hydrogen-bond donors (Lipinski definition) is 3. The van der Waals surface area contributed by atoms with E-state index in [0.717, 1.165) is 37.5 Å². The molecule has 0 aromatic heterocycles. The summed E-state index contributed by atoms with van der Waals surface area (Å²) in [6, 6.07) is 17.8. The molecule has 0 atom stereocenters. The standard InChI is InChI=1S/C8H9O4P.C6H10O.C6H6O/c9-13(10,11)12-7-6-8-4-2-1-3-5-8;2*7-6-4-2-1-3-5-6/h1-7H,(H2,9,10,11);1-5H2;1-5,7H/b7-6+;;. The molecule has 27 heavy (non-hydrogen) atoms. The molecule has 0 amide bonds. The number of ketones is 1. The quantitative estimate of drug-likeness (QED) is 0.518. The van der Waals surface area contributed by atoms with Crippen LogP contribution in [0.2, 0.25) is 0 Å². The monoisotopic (exact) mass is 392 g/mol. The zero-order valence-electron chi connectivity index (χ0n) is 15.0. The van der Waals surface area contributed by atoms with Crippen molar-refractivity contribution in [3.63, 3.8) is 0 Å². The summed E-state index contributed by atoms with van der Waals surface area (Å²) >= 11 is 0. The van der Waals surface area contributed by atoms with Crippen molar-refractivity contribution in [1.82, 2.24) is 0 Å². The van der Waals surface area contributed by atoms with Gasteiger partial charge in [-0.3, -0.25) is 14.6 Å². The van der Waals surface area contributed by atoms with Gasteiger partial charge in [0.1, 0.15) is 11.5 Å². The van der Waals surface area contributed by atoms with Gasteiger partial charge >= 0.3 is 7.82 Å². The van der Waals surface area contributed by atoms with Crippen molar-refractivity contribution < 1.29 is 28.8 Å². The molecule has 0 spiro atoms. The van der Waals surface area contributed by atoms with E-state index in [1.165, 1.54) is 12.5 Å². The molecule has 0 aliphatic heterocycles. The highest BCUT2D eigenvalue weighted by Gasteiger charge is 2.10. The summed E-state index contributed by atoms with van der Waals surface area (Å²) < 4.78 is 14.4. The molecule has 3 rings (SSSR count). The molecule has 0 radical (unpaired) electrons. The average molecular weight is 392 g/mol. The first-order valence-corrected chi connectivity index (χ1v) is 10.1. The molecule has 0 saturated heterocycles. The van der Waals surface area contributed by atoms with Crippen LogP contribution in [0.25, 0.3) is 6.08 Å². The van der Waals surface area contributed by atoms with E-state index in [2.05, 4.69) is 4.52 Å². The van der Waals surface area contributed by atoms with Crippen LogP contribution in [0.5, 0.6) is 5.75 Å². The largest absolute Gasteiger partial charge is 0.524 e. The normalized spacial score (nSPS) is 13.8. The number of rotatable bonds is 3. The Balaban J connectivity index is 0.000000220. The summed E-state index contributed by atoms with van der Waals surface area (Å²) in [5.41, 5.74) is 0.816. The summed E-state index contributed by atoms with van der Waals surface area (Å²) in [6.07, 6.45) is 7.69. The van der Waals surface area contributed by atoms with Gasteiger partial charge in [-0.25, -0.2) is 4.57 Å². The second kappa shape index (κ2) is 12.9. The molecule has 0 unspecified atom stereocenters. The first-order chi connectivity index (χ1) is 12.9. The zero-order chi connectivity index (χ0) is 20.0. The molecule has 146 valence electrons. The number of phosphoric ester groups is 1. The van der Waals surface area contributed by atoms with Gasteiger partial charge in [-0.1, -0.05) is 55.0 Å². The first-order valence-electron chi connectivity index (χ1n) is 8.58. The van der Waals surface area contributed by atoms with Crippen molar-refractivity contribution in [2.24, 2.45) is 0 Å². The SMILES string of the molecule is O=C1CCCCC1.O=P(O)(O)O/C=C/c1ccccc1.Oc1ccccc1. The number of Topliss-reactive ketones (excluding diaryl/α,β-unsaturated/α-hetero) is 1. The Morgan fingerprint density at radius 2 is 1.37 bits per heavy atom. The highest BCUT2D eigenvalue weighted by Crippen LogP contribution is 2.36. The maximum absolute atomic E-state index is 10.5. The Morgan fingerprint density at radius 3 is 1.74 bits per heavy atom. The molecule has 7 heteroatoms. The predicted molar refractivity (Wildman–Crippen MR) is 105 cm³/mol. The highest BCUT2D eigenvalue weighted by molar-refractivity contribution is 7.46. The Labute approximate surface area is 159 Å². The van der Waals surface area contributed by atoms with E-state index in [1.807, 2.05) is 24.3 Å². The van der Waals surface area contributed by atoms with E-state index < -0.39 is 7.82 Å². The second-order valence-corrected chi connectivity index (χ2v) is 6.94. The number of hydrogen-bond acceptors (Lipinski definition) is 4. The van der Waals surface area contributed by atoms with Crippen molar-refractivity contribution in [2.75, 3.05) is 0 Å². The number of phosphoric acid groups is 1. The minimum Gasteiger partial charge on any atom is -0.508 e. The van der Waals surface area contributed by atoms with E-state index in [4.69, 9.17) is 14.9 Å². The second-order valence-electron chi connectivity index (χ2n) is 5.74. The molecule has 1 fully saturated rings. The average Bonchev–Trinajstić information content (AvgIpc) is 2.64. The summed E-state index contributed by atoms with van der Waals surface area (Å²) in [7, 11) is -4.39. The van der Waals surface area contributed by atoms with E-state index in [0.29, 0.717) is 11.5 Å². The van der Waals surface area contributed by atoms with E-state index in [1.54, 1.807) is 36.4 Å². The fourth-order valence-electron chi connectivity index (χ4n) is 2.13. The van der Waals surface area contributed by atoms with Crippen LogP contribution in [0.1, 0.15) is 37.7 Å². The summed E-state index contributed by atoms with van der Waals surface area (Å²) in [5.74, 6) is 0.786. The third kappa shape index (κ3) is 13.5. The van der Waals surface area contributed by atoms with Crippen molar-refractivity contribution in [3.05, 3.63) is 72.5 Å². The van der Waals surface area contributed by atoms with Gasteiger partial charge in [0.05, 0.1) is 6.26 Å². The lowest BCUT2D eigenvalue weighted by atomic mass is 10.00. The molecule has 6 nitrogen and oxygen atoms in total. The molecule has 2 aromatic carbocycles. The lowest BCUT2D eigenvalue weighted by molar-refractivity contribution is -0.120. The Hall–Kier alpha value is -2.40. The van der Waals surface area contributed by atoms with Crippen LogP contribution < -0.4 is 0 Å². The lowest BCUT2D eigenvalue weighted by Gasteiger charge is -2.05. The van der Waals surface area contributed by atoms with Crippen molar-refractivity contribution in [3.8, 4) is 5.75 Å². The number of aromatic hydroxyl groups is 1. The van der Waals surface area contributed by atoms with E-state index in [-0.39, 0.29) is 0 Å². The molecule has 2 aromatic rings. The third-order valence-electron chi connectivity index (χ3n) is 3.43. The molecular weight excluding hydrogens is 367 g/mol. The Morgan fingerprint density at radius 1 is 0.852 bits per heavy atom. The predicted octanol–water partition coefficient (Wildman–Crippen LogP) is 4.68. The zero-order valence-corrected chi connectivity index (χ0v) is 15.9. The van der Waals surface area contributed by atoms with Crippen LogP contribution in [-0.2, 0) is 13.9 Å². The number of benzene rings is 2. The van der Waals surface area contributed by atoms with Gasteiger partial charge in [0, 0.05) is 12.8 Å². The molecule has 1 aliphatic rings. The Bertz CT molecular complexity index is 717. The van der Waals surface area contributed by atoms with Gasteiger partial charge < -0.3 is 9.63 Å². The summed E-state index contributed by atoms with van der Waals surface area (Å²) in [6.45, 7) is 0. The van der Waals surface area contributed by atoms with Gasteiger partial charge in [0.2, 0.25) is 0 Å². The first kappa shape index (κ1) is 22.6. The van der Waals surface area contributed by atoms with Crippen LogP contribution in [0, 0.1) is 0 Å². The number of para-hydroxylation sites is 1. The molecule has 0 heterocycles. The van der Waals surface area contributed by atoms with Crippen molar-refractivity contribution in [1.29, 1.82) is 0 Å². The maximum Gasteiger partial charge on any atom is 0.524 e. The van der Waals surface area contributed by atoms with Crippen LogP contribution in [0.4, 0.5) is 0 Å². The maximum atomic E-state index is 10.5. The van der Waals surface area contributed by atoms with Crippen LogP contribution >= 0.6 is 7.82 Å². The smallest absolute Gasteiger partial charge is 0.508 e. The lowest BCUT2D eigenvalue weighted by Crippen LogP contribution is -2.02. The van der Waals surface area contributed by atoms with E-state index in [9.17, 15) is 9.36 Å². The van der Waals surface area contributed by atoms with Crippen LogP contribution in [-0.4, -0.2) is 20.7 Å². The molecule has 1 saturated carbocycles. The minimum atomic E-state index is -4.39. The van der Waals surface area contributed by atoms with Gasteiger partial charge in [-0.15, -0.1) is 0 Å². The van der Waals surface area contributed by atoms with E-state index >= 15 is 0 Å².